The summed E-state index contributed by atoms with van der Waals surface area (Å²) < 4.78 is 4.76. The molecule has 2 nitrogen and oxygen atoms in total. The van der Waals surface area contributed by atoms with Gasteiger partial charge in [-0.1, -0.05) is 30.3 Å². The van der Waals surface area contributed by atoms with E-state index < -0.39 is 0 Å². The molecule has 20 heavy (non-hydrogen) atoms. The molecule has 4 aromatic rings. The molecular formula is C18H17N2+. The molecule has 98 valence electrons. The van der Waals surface area contributed by atoms with E-state index in [0.29, 0.717) is 0 Å². The Bertz CT molecular complexity index is 948. The van der Waals surface area contributed by atoms with Crippen LogP contribution in [-0.4, -0.2) is 4.40 Å². The maximum absolute atomic E-state index is 2.38. The Morgan fingerprint density at radius 1 is 0.950 bits per heavy atom. The number of aromatic nitrogens is 2. The van der Waals surface area contributed by atoms with Gasteiger partial charge < -0.3 is 0 Å². The second kappa shape index (κ2) is 4.07. The van der Waals surface area contributed by atoms with Crippen LogP contribution in [0.15, 0.2) is 54.6 Å². The van der Waals surface area contributed by atoms with Gasteiger partial charge in [-0.05, 0) is 37.6 Å². The highest BCUT2D eigenvalue weighted by molar-refractivity contribution is 5.90. The zero-order valence-electron chi connectivity index (χ0n) is 11.8. The van der Waals surface area contributed by atoms with E-state index in [9.17, 15) is 0 Å². The highest BCUT2D eigenvalue weighted by Crippen LogP contribution is 2.24. The average molecular weight is 261 g/mol. The van der Waals surface area contributed by atoms with Gasteiger partial charge in [-0.25, -0.2) is 4.57 Å². The second-order valence-electron chi connectivity index (χ2n) is 5.27. The molecule has 0 unspecified atom stereocenters. The number of pyridine rings is 1. The first-order valence-corrected chi connectivity index (χ1v) is 7.12. The van der Waals surface area contributed by atoms with E-state index in [-0.39, 0.29) is 0 Å². The van der Waals surface area contributed by atoms with Gasteiger partial charge in [0.15, 0.2) is 11.0 Å². The van der Waals surface area contributed by atoms with E-state index in [1.54, 1.807) is 0 Å². The minimum Gasteiger partial charge on any atom is -0.223 e. The van der Waals surface area contributed by atoms with Crippen LogP contribution in [0.2, 0.25) is 0 Å². The average Bonchev–Trinajstić information content (AvgIpc) is 2.81. The summed E-state index contributed by atoms with van der Waals surface area (Å²) in [5.41, 5.74) is 6.46. The van der Waals surface area contributed by atoms with Crippen molar-refractivity contribution in [2.75, 3.05) is 0 Å². The Labute approximate surface area is 117 Å². The predicted molar refractivity (Wildman–Crippen MR) is 83.0 cm³/mol. The quantitative estimate of drug-likeness (QED) is 0.460. The molecule has 0 bridgehead atoms. The van der Waals surface area contributed by atoms with Gasteiger partial charge in [0.25, 0.3) is 5.65 Å². The minimum atomic E-state index is 0.981. The number of para-hydroxylation sites is 3. The smallest absolute Gasteiger partial charge is 0.223 e. The molecule has 0 spiro atoms. The first kappa shape index (κ1) is 11.5. The van der Waals surface area contributed by atoms with Crippen molar-refractivity contribution in [3.05, 3.63) is 60.2 Å². The number of fused-ring (bicyclic) bond motifs is 5. The van der Waals surface area contributed by atoms with Crippen LogP contribution in [-0.2, 0) is 6.54 Å². The first-order valence-electron chi connectivity index (χ1n) is 7.12. The summed E-state index contributed by atoms with van der Waals surface area (Å²) >= 11 is 0. The van der Waals surface area contributed by atoms with Crippen molar-refractivity contribution in [3.63, 3.8) is 0 Å². The van der Waals surface area contributed by atoms with Gasteiger partial charge in [0.05, 0.1) is 6.54 Å². The molecule has 0 saturated carbocycles. The van der Waals surface area contributed by atoms with Gasteiger partial charge >= 0.3 is 0 Å². The van der Waals surface area contributed by atoms with Crippen molar-refractivity contribution in [2.24, 2.45) is 0 Å². The summed E-state index contributed by atoms with van der Waals surface area (Å²) in [6, 6.07) is 19.6. The standard InChI is InChI=1S/C18H17N2/c1-3-19-16-10-6-7-11-17(16)20-15-9-5-4-8-14(15)13(2)12-18(19)20/h4-12H,3H2,1-2H3/q+1. The van der Waals surface area contributed by atoms with E-state index >= 15 is 0 Å². The Balaban J connectivity index is 2.39. The SMILES string of the molecule is CC[n+]1c2ccccc2n2c3ccccc3c(C)cc21. The molecule has 0 amide bonds. The zero-order valence-corrected chi connectivity index (χ0v) is 11.8. The van der Waals surface area contributed by atoms with Crippen molar-refractivity contribution in [1.29, 1.82) is 0 Å². The van der Waals surface area contributed by atoms with Crippen LogP contribution in [0.3, 0.4) is 0 Å². The lowest BCUT2D eigenvalue weighted by Gasteiger charge is -2.01. The van der Waals surface area contributed by atoms with E-state index in [4.69, 9.17) is 0 Å². The van der Waals surface area contributed by atoms with Crippen molar-refractivity contribution in [1.82, 2.24) is 4.40 Å². The maximum Gasteiger partial charge on any atom is 0.287 e. The third-order valence-corrected chi connectivity index (χ3v) is 4.15. The molecule has 2 heteroatoms. The number of aryl methyl sites for hydroxylation is 2. The number of hydrogen-bond acceptors (Lipinski definition) is 0. The molecule has 0 N–H and O–H groups in total. The molecule has 2 aromatic heterocycles. The molecule has 0 atom stereocenters. The van der Waals surface area contributed by atoms with E-state index in [0.717, 1.165) is 6.54 Å². The molecule has 0 aliphatic carbocycles. The van der Waals surface area contributed by atoms with Crippen molar-refractivity contribution >= 4 is 27.6 Å². The van der Waals surface area contributed by atoms with Crippen molar-refractivity contribution in [2.45, 2.75) is 20.4 Å². The molecule has 0 aliphatic heterocycles. The van der Waals surface area contributed by atoms with Crippen LogP contribution in [0.4, 0.5) is 0 Å². The van der Waals surface area contributed by atoms with Gasteiger partial charge in [0, 0.05) is 11.5 Å². The zero-order chi connectivity index (χ0) is 13.7. The molecular weight excluding hydrogens is 244 g/mol. The number of imidazole rings is 1. The fourth-order valence-corrected chi connectivity index (χ4v) is 3.25. The summed E-state index contributed by atoms with van der Waals surface area (Å²) in [6.07, 6.45) is 0. The summed E-state index contributed by atoms with van der Waals surface area (Å²) in [6.45, 7) is 5.38. The van der Waals surface area contributed by atoms with Gasteiger partial charge in [0.2, 0.25) is 0 Å². The number of hydrogen-bond donors (Lipinski definition) is 0. The van der Waals surface area contributed by atoms with Crippen LogP contribution in [0.25, 0.3) is 27.6 Å². The predicted octanol–water partition coefficient (Wildman–Crippen LogP) is 3.86. The number of benzene rings is 2. The third-order valence-electron chi connectivity index (χ3n) is 4.15. The van der Waals surface area contributed by atoms with Crippen LogP contribution >= 0.6 is 0 Å². The largest absolute Gasteiger partial charge is 0.287 e. The third kappa shape index (κ3) is 1.36. The fraction of sp³-hybridized carbons (Fsp3) is 0.167. The van der Waals surface area contributed by atoms with Crippen LogP contribution in [0.5, 0.6) is 0 Å². The molecule has 2 aromatic carbocycles. The highest BCUT2D eigenvalue weighted by atomic mass is 15.1. The maximum atomic E-state index is 2.38. The van der Waals surface area contributed by atoms with Crippen LogP contribution in [0, 0.1) is 6.92 Å². The van der Waals surface area contributed by atoms with E-state index in [2.05, 4.69) is 77.4 Å². The van der Waals surface area contributed by atoms with Gasteiger partial charge in [-0.15, -0.1) is 0 Å². The van der Waals surface area contributed by atoms with Crippen molar-refractivity contribution < 1.29 is 4.57 Å². The molecule has 0 fully saturated rings. The molecule has 2 heterocycles. The van der Waals surface area contributed by atoms with Gasteiger partial charge in [-0.3, -0.25) is 0 Å². The van der Waals surface area contributed by atoms with Crippen LogP contribution in [0.1, 0.15) is 12.5 Å². The Morgan fingerprint density at radius 3 is 2.45 bits per heavy atom. The van der Waals surface area contributed by atoms with E-state index in [1.165, 1.54) is 33.1 Å². The van der Waals surface area contributed by atoms with Gasteiger partial charge in [0.1, 0.15) is 5.52 Å². The lowest BCUT2D eigenvalue weighted by atomic mass is 10.1. The van der Waals surface area contributed by atoms with Crippen LogP contribution < -0.4 is 4.57 Å². The van der Waals surface area contributed by atoms with Gasteiger partial charge in [-0.2, -0.15) is 4.40 Å². The lowest BCUT2D eigenvalue weighted by Crippen LogP contribution is -2.31. The topological polar surface area (TPSA) is 8.29 Å². The molecule has 4 rings (SSSR count). The Hall–Kier alpha value is -2.35. The van der Waals surface area contributed by atoms with E-state index in [1.807, 2.05) is 0 Å². The highest BCUT2D eigenvalue weighted by Gasteiger charge is 2.20. The fourth-order valence-electron chi connectivity index (χ4n) is 3.25. The Kier molecular flexibility index (Phi) is 2.34. The lowest BCUT2D eigenvalue weighted by molar-refractivity contribution is -0.642. The molecule has 0 saturated heterocycles. The number of nitrogens with zero attached hydrogens (tertiary/aromatic N) is 2. The minimum absolute atomic E-state index is 0.981. The number of rotatable bonds is 1. The Morgan fingerprint density at radius 2 is 1.65 bits per heavy atom. The summed E-state index contributed by atoms with van der Waals surface area (Å²) in [5, 5.41) is 1.32. The summed E-state index contributed by atoms with van der Waals surface area (Å²) in [4.78, 5) is 0. The monoisotopic (exact) mass is 261 g/mol. The first-order chi connectivity index (χ1) is 9.81. The summed E-state index contributed by atoms with van der Waals surface area (Å²) in [7, 11) is 0. The molecule has 0 aliphatic rings. The second-order valence-corrected chi connectivity index (χ2v) is 5.27. The normalized spacial score (nSPS) is 11.7. The summed E-state index contributed by atoms with van der Waals surface area (Å²) in [5.74, 6) is 0. The van der Waals surface area contributed by atoms with Crippen molar-refractivity contribution in [3.8, 4) is 0 Å². The molecule has 0 radical (unpaired) electrons.